The fourth-order valence-corrected chi connectivity index (χ4v) is 1.19. The molecule has 0 saturated carbocycles. The molecule has 0 atom stereocenters. The first kappa shape index (κ1) is 11.7. The van der Waals surface area contributed by atoms with Crippen LogP contribution in [-0.2, 0) is 11.3 Å². The fourth-order valence-electron chi connectivity index (χ4n) is 1.19. The Morgan fingerprint density at radius 3 is 2.53 bits per heavy atom. The Morgan fingerprint density at radius 2 is 2.07 bits per heavy atom. The molecule has 1 aromatic carbocycles. The van der Waals surface area contributed by atoms with E-state index in [1.54, 1.807) is 0 Å². The molecule has 0 aliphatic carbocycles. The molecule has 0 fully saturated rings. The van der Waals surface area contributed by atoms with Crippen molar-refractivity contribution in [3.63, 3.8) is 0 Å². The standard InChI is InChI=1S/C9H11BO5/c1-15-9(12)7-2-6(5-11)3-8(4-7)10(13)14/h2-4,11,13-14H,5H2,1H3. The van der Waals surface area contributed by atoms with Gasteiger partial charge in [0.15, 0.2) is 0 Å². The van der Waals surface area contributed by atoms with Crippen LogP contribution in [0.15, 0.2) is 18.2 Å². The maximum atomic E-state index is 11.2. The van der Waals surface area contributed by atoms with E-state index in [2.05, 4.69) is 4.74 Å². The van der Waals surface area contributed by atoms with Gasteiger partial charge in [0, 0.05) is 0 Å². The van der Waals surface area contributed by atoms with E-state index in [0.717, 1.165) is 0 Å². The van der Waals surface area contributed by atoms with E-state index in [4.69, 9.17) is 15.2 Å². The first-order valence-corrected chi connectivity index (χ1v) is 4.27. The monoisotopic (exact) mass is 210 g/mol. The highest BCUT2D eigenvalue weighted by molar-refractivity contribution is 6.58. The minimum absolute atomic E-state index is 0.141. The Labute approximate surface area is 87.1 Å². The zero-order valence-corrected chi connectivity index (χ0v) is 8.17. The number of carbonyl (C=O) groups is 1. The van der Waals surface area contributed by atoms with Crippen molar-refractivity contribution in [3.8, 4) is 0 Å². The SMILES string of the molecule is COC(=O)c1cc(CO)cc(B(O)O)c1. The lowest BCUT2D eigenvalue weighted by molar-refractivity contribution is 0.0600. The average molecular weight is 210 g/mol. The summed E-state index contributed by atoms with van der Waals surface area (Å²) in [6, 6.07) is 4.13. The van der Waals surface area contributed by atoms with Crippen LogP contribution in [0.25, 0.3) is 0 Å². The molecule has 1 rings (SSSR count). The predicted octanol–water partition coefficient (Wildman–Crippen LogP) is -1.35. The molecule has 0 saturated heterocycles. The molecular weight excluding hydrogens is 199 g/mol. The second-order valence-electron chi connectivity index (χ2n) is 2.99. The van der Waals surface area contributed by atoms with Gasteiger partial charge in [-0.25, -0.2) is 4.79 Å². The van der Waals surface area contributed by atoms with Gasteiger partial charge in [0.1, 0.15) is 0 Å². The van der Waals surface area contributed by atoms with Gasteiger partial charge in [0.2, 0.25) is 0 Å². The van der Waals surface area contributed by atoms with Crippen molar-refractivity contribution in [3.05, 3.63) is 29.3 Å². The van der Waals surface area contributed by atoms with E-state index in [1.807, 2.05) is 0 Å². The Kier molecular flexibility index (Phi) is 3.84. The third-order valence-electron chi connectivity index (χ3n) is 1.92. The van der Waals surface area contributed by atoms with Gasteiger partial charge in [0.25, 0.3) is 0 Å². The van der Waals surface area contributed by atoms with E-state index >= 15 is 0 Å². The average Bonchev–Trinajstić information content (AvgIpc) is 2.27. The van der Waals surface area contributed by atoms with Crippen LogP contribution < -0.4 is 5.46 Å². The molecule has 0 spiro atoms. The largest absolute Gasteiger partial charge is 0.488 e. The number of rotatable bonds is 3. The number of hydrogen-bond donors (Lipinski definition) is 3. The first-order valence-electron chi connectivity index (χ1n) is 4.27. The number of aliphatic hydroxyl groups excluding tert-OH is 1. The van der Waals surface area contributed by atoms with Gasteiger partial charge < -0.3 is 19.9 Å². The van der Waals surface area contributed by atoms with Gasteiger partial charge in [0.05, 0.1) is 19.3 Å². The normalized spacial score (nSPS) is 9.87. The van der Waals surface area contributed by atoms with Gasteiger partial charge >= 0.3 is 13.1 Å². The molecule has 0 aliphatic rings. The van der Waals surface area contributed by atoms with Crippen molar-refractivity contribution in [2.45, 2.75) is 6.61 Å². The van der Waals surface area contributed by atoms with Gasteiger partial charge in [-0.05, 0) is 23.2 Å². The third kappa shape index (κ3) is 2.79. The van der Waals surface area contributed by atoms with Crippen LogP contribution in [0.5, 0.6) is 0 Å². The lowest BCUT2D eigenvalue weighted by atomic mass is 9.78. The summed E-state index contributed by atoms with van der Waals surface area (Å²) in [5.41, 5.74) is 0.732. The van der Waals surface area contributed by atoms with Gasteiger partial charge in [-0.2, -0.15) is 0 Å². The van der Waals surface area contributed by atoms with Gasteiger partial charge in [-0.15, -0.1) is 0 Å². The molecule has 0 radical (unpaired) electrons. The minimum atomic E-state index is -1.68. The van der Waals surface area contributed by atoms with E-state index in [9.17, 15) is 4.79 Å². The first-order chi connectivity index (χ1) is 7.08. The third-order valence-corrected chi connectivity index (χ3v) is 1.92. The zero-order chi connectivity index (χ0) is 11.4. The van der Waals surface area contributed by atoms with Crippen molar-refractivity contribution >= 4 is 18.6 Å². The number of methoxy groups -OCH3 is 1. The van der Waals surface area contributed by atoms with Gasteiger partial charge in [-0.1, -0.05) is 6.07 Å². The lowest BCUT2D eigenvalue weighted by Crippen LogP contribution is -2.31. The highest BCUT2D eigenvalue weighted by Gasteiger charge is 2.15. The minimum Gasteiger partial charge on any atom is -0.465 e. The number of hydrogen-bond acceptors (Lipinski definition) is 5. The van der Waals surface area contributed by atoms with Crippen molar-refractivity contribution in [2.75, 3.05) is 7.11 Å². The van der Waals surface area contributed by atoms with Crippen LogP contribution in [0, 0.1) is 0 Å². The fraction of sp³-hybridized carbons (Fsp3) is 0.222. The van der Waals surface area contributed by atoms with Crippen LogP contribution in [-0.4, -0.2) is 35.4 Å². The molecule has 0 aromatic heterocycles. The topological polar surface area (TPSA) is 87.0 Å². The number of benzene rings is 1. The molecule has 0 heterocycles. The van der Waals surface area contributed by atoms with Crippen molar-refractivity contribution in [1.29, 1.82) is 0 Å². The molecule has 15 heavy (non-hydrogen) atoms. The molecule has 80 valence electrons. The summed E-state index contributed by atoms with van der Waals surface area (Å²) in [6.45, 7) is -0.287. The summed E-state index contributed by atoms with van der Waals surface area (Å²) in [5.74, 6) is -0.591. The number of aliphatic hydroxyl groups is 1. The Balaban J connectivity index is 3.17. The van der Waals surface area contributed by atoms with E-state index in [1.165, 1.54) is 25.3 Å². The van der Waals surface area contributed by atoms with E-state index < -0.39 is 13.1 Å². The molecule has 1 aromatic rings. The van der Waals surface area contributed by atoms with Crippen LogP contribution in [0.2, 0.25) is 0 Å². The molecule has 3 N–H and O–H groups in total. The summed E-state index contributed by atoms with van der Waals surface area (Å²) in [5, 5.41) is 26.8. The summed E-state index contributed by atoms with van der Waals surface area (Å²) in [4.78, 5) is 11.2. The van der Waals surface area contributed by atoms with Crippen LogP contribution >= 0.6 is 0 Å². The number of esters is 1. The molecular formula is C9H11BO5. The Hall–Kier alpha value is -1.37. The maximum absolute atomic E-state index is 11.2. The van der Waals surface area contributed by atoms with Crippen molar-refractivity contribution in [1.82, 2.24) is 0 Å². The van der Waals surface area contributed by atoms with E-state index in [0.29, 0.717) is 5.56 Å². The molecule has 0 aliphatic heterocycles. The zero-order valence-electron chi connectivity index (χ0n) is 8.17. The molecule has 5 nitrogen and oxygen atoms in total. The van der Waals surface area contributed by atoms with Crippen molar-refractivity contribution in [2.24, 2.45) is 0 Å². The summed E-state index contributed by atoms with van der Waals surface area (Å²) < 4.78 is 4.49. The van der Waals surface area contributed by atoms with Crippen LogP contribution in [0.3, 0.4) is 0 Å². The summed E-state index contributed by atoms with van der Waals surface area (Å²) in [6.07, 6.45) is 0. The van der Waals surface area contributed by atoms with Crippen LogP contribution in [0.4, 0.5) is 0 Å². The second-order valence-corrected chi connectivity index (χ2v) is 2.99. The molecule has 6 heteroatoms. The summed E-state index contributed by atoms with van der Waals surface area (Å²) in [7, 11) is -0.455. The predicted molar refractivity (Wildman–Crippen MR) is 53.5 cm³/mol. The highest BCUT2D eigenvalue weighted by Crippen LogP contribution is 2.05. The molecule has 0 bridgehead atoms. The van der Waals surface area contributed by atoms with Crippen molar-refractivity contribution < 1.29 is 24.7 Å². The highest BCUT2D eigenvalue weighted by atomic mass is 16.5. The quantitative estimate of drug-likeness (QED) is 0.424. The number of ether oxygens (including phenoxy) is 1. The number of carbonyl (C=O) groups excluding carboxylic acids is 1. The van der Waals surface area contributed by atoms with Crippen LogP contribution in [0.1, 0.15) is 15.9 Å². The Bertz CT molecular complexity index is 364. The smallest absolute Gasteiger partial charge is 0.465 e. The maximum Gasteiger partial charge on any atom is 0.488 e. The second kappa shape index (κ2) is 4.93. The Morgan fingerprint density at radius 1 is 1.40 bits per heavy atom. The lowest BCUT2D eigenvalue weighted by Gasteiger charge is -2.06. The molecule has 0 amide bonds. The summed E-state index contributed by atoms with van der Waals surface area (Å²) >= 11 is 0. The van der Waals surface area contributed by atoms with Gasteiger partial charge in [-0.3, -0.25) is 0 Å². The van der Waals surface area contributed by atoms with E-state index in [-0.39, 0.29) is 17.6 Å². The molecule has 0 unspecified atom stereocenters.